The molecule has 1 aromatic rings. The fourth-order valence-corrected chi connectivity index (χ4v) is 3.62. The van der Waals surface area contributed by atoms with Crippen molar-refractivity contribution >= 4 is 30.1 Å². The Morgan fingerprint density at radius 1 is 1.32 bits per heavy atom. The van der Waals surface area contributed by atoms with Crippen LogP contribution in [-0.4, -0.2) is 33.4 Å². The predicted molar refractivity (Wildman–Crippen MR) is 71.7 cm³/mol. The summed E-state index contributed by atoms with van der Waals surface area (Å²) in [5, 5.41) is 12.5. The SMILES string of the molecule is CCc1cc([As](=O)(O)O)c(NC(C)=O)c(O)c1CC. The van der Waals surface area contributed by atoms with Gasteiger partial charge < -0.3 is 0 Å². The van der Waals surface area contributed by atoms with Crippen molar-refractivity contribution in [1.82, 2.24) is 0 Å². The number of anilines is 1. The van der Waals surface area contributed by atoms with Crippen LogP contribution in [0.25, 0.3) is 0 Å². The molecule has 0 fully saturated rings. The molecule has 19 heavy (non-hydrogen) atoms. The molecule has 0 heterocycles. The van der Waals surface area contributed by atoms with Crippen LogP contribution in [0.4, 0.5) is 5.69 Å². The third-order valence-electron chi connectivity index (χ3n) is 2.83. The average molecular weight is 331 g/mol. The topological polar surface area (TPSA) is 107 Å². The van der Waals surface area contributed by atoms with Gasteiger partial charge in [0.15, 0.2) is 0 Å². The Morgan fingerprint density at radius 2 is 1.89 bits per heavy atom. The minimum absolute atomic E-state index is 0.172. The molecule has 0 bridgehead atoms. The van der Waals surface area contributed by atoms with Crippen LogP contribution < -0.4 is 9.67 Å². The molecule has 1 rings (SSSR count). The van der Waals surface area contributed by atoms with Crippen molar-refractivity contribution in [2.24, 2.45) is 0 Å². The van der Waals surface area contributed by atoms with Crippen molar-refractivity contribution in [3.05, 3.63) is 17.2 Å². The van der Waals surface area contributed by atoms with E-state index < -0.39 is 20.1 Å². The number of aryl methyl sites for hydroxylation is 1. The van der Waals surface area contributed by atoms with E-state index in [0.29, 0.717) is 24.0 Å². The maximum atomic E-state index is 11.5. The molecule has 4 N–H and O–H groups in total. The van der Waals surface area contributed by atoms with Crippen LogP contribution in [0, 0.1) is 0 Å². The van der Waals surface area contributed by atoms with Gasteiger partial charge in [0.05, 0.1) is 0 Å². The molecule has 0 atom stereocenters. The zero-order valence-corrected chi connectivity index (χ0v) is 13.0. The molecule has 1 aromatic carbocycles. The number of phenols is 1. The van der Waals surface area contributed by atoms with Gasteiger partial charge >= 0.3 is 114 Å². The zero-order chi connectivity index (χ0) is 14.8. The summed E-state index contributed by atoms with van der Waals surface area (Å²) in [5.41, 5.74) is 1.10. The number of aromatic hydroxyl groups is 1. The van der Waals surface area contributed by atoms with Gasteiger partial charge in [-0.05, 0) is 0 Å². The first-order valence-electron chi connectivity index (χ1n) is 5.93. The van der Waals surface area contributed by atoms with E-state index in [1.807, 2.05) is 13.8 Å². The van der Waals surface area contributed by atoms with Gasteiger partial charge in [0.1, 0.15) is 0 Å². The maximum absolute atomic E-state index is 11.5. The van der Waals surface area contributed by atoms with Gasteiger partial charge in [-0.2, -0.15) is 0 Å². The summed E-state index contributed by atoms with van der Waals surface area (Å²) in [5.74, 6) is -0.747. The molecule has 0 aliphatic rings. The number of hydrogen-bond acceptors (Lipinski definition) is 3. The Hall–Kier alpha value is -1.23. The molecule has 0 aliphatic carbocycles. The van der Waals surface area contributed by atoms with Gasteiger partial charge in [-0.1, -0.05) is 0 Å². The zero-order valence-electron chi connectivity index (χ0n) is 11.1. The van der Waals surface area contributed by atoms with Crippen LogP contribution in [-0.2, 0) is 21.4 Å². The molecule has 0 aromatic heterocycles. The number of benzene rings is 1. The van der Waals surface area contributed by atoms with Crippen LogP contribution in [0.3, 0.4) is 0 Å². The molecule has 0 unspecified atom stereocenters. The molecule has 0 saturated carbocycles. The standard InChI is InChI=1S/C12H18AsNO5/c1-4-8-6-10(13(17,18)19)11(14-7(3)15)12(16)9(8)5-2/h6,16H,4-5H2,1-3H3,(H,14,15)(H2,17,18,19). The van der Waals surface area contributed by atoms with E-state index in [0.717, 1.165) is 0 Å². The summed E-state index contributed by atoms with van der Waals surface area (Å²) in [6, 6.07) is 1.38. The Morgan fingerprint density at radius 3 is 2.26 bits per heavy atom. The van der Waals surface area contributed by atoms with Crippen molar-refractivity contribution in [2.45, 2.75) is 33.6 Å². The van der Waals surface area contributed by atoms with E-state index in [9.17, 15) is 21.8 Å². The molecule has 0 radical (unpaired) electrons. The van der Waals surface area contributed by atoms with Gasteiger partial charge in [0.2, 0.25) is 0 Å². The molecule has 0 spiro atoms. The average Bonchev–Trinajstić information content (AvgIpc) is 2.29. The Kier molecular flexibility index (Phi) is 4.85. The second-order valence-electron chi connectivity index (χ2n) is 4.19. The van der Waals surface area contributed by atoms with Gasteiger partial charge in [-0.3, -0.25) is 0 Å². The van der Waals surface area contributed by atoms with Gasteiger partial charge in [-0.25, -0.2) is 0 Å². The first kappa shape index (κ1) is 15.8. The Labute approximate surface area is 114 Å². The molecule has 6 nitrogen and oxygen atoms in total. The molecule has 0 aliphatic heterocycles. The van der Waals surface area contributed by atoms with E-state index in [4.69, 9.17) is 0 Å². The summed E-state index contributed by atoms with van der Waals surface area (Å²) in [6.07, 6.45) is 1.05. The fourth-order valence-electron chi connectivity index (χ4n) is 1.99. The number of hydrogen-bond donors (Lipinski definition) is 4. The number of phenolic OH excluding ortho intramolecular Hbond substituents is 1. The van der Waals surface area contributed by atoms with E-state index in [1.165, 1.54) is 13.0 Å². The normalized spacial score (nSPS) is 11.4. The summed E-state index contributed by atoms with van der Waals surface area (Å²) < 4.78 is 30.1. The van der Waals surface area contributed by atoms with Gasteiger partial charge in [0.25, 0.3) is 0 Å². The van der Waals surface area contributed by atoms with Crippen LogP contribution in [0.2, 0.25) is 0 Å². The number of rotatable bonds is 4. The van der Waals surface area contributed by atoms with Crippen LogP contribution >= 0.6 is 0 Å². The first-order chi connectivity index (χ1) is 8.72. The van der Waals surface area contributed by atoms with Crippen molar-refractivity contribution in [3.8, 4) is 5.75 Å². The number of nitrogens with one attached hydrogen (secondary N) is 1. The van der Waals surface area contributed by atoms with Crippen LogP contribution in [0.15, 0.2) is 6.07 Å². The monoisotopic (exact) mass is 331 g/mol. The predicted octanol–water partition coefficient (Wildman–Crippen LogP) is 0.0364. The number of carbonyl (C=O) groups is 1. The fraction of sp³-hybridized carbons (Fsp3) is 0.417. The van der Waals surface area contributed by atoms with E-state index in [2.05, 4.69) is 5.32 Å². The summed E-state index contributed by atoms with van der Waals surface area (Å²) >= 11 is -5.24. The Balaban J connectivity index is 3.65. The number of carbonyl (C=O) groups excluding carboxylic acids is 1. The second-order valence-corrected chi connectivity index (χ2v) is 7.48. The third kappa shape index (κ3) is 3.41. The van der Waals surface area contributed by atoms with Crippen molar-refractivity contribution < 1.29 is 21.8 Å². The molecule has 1 amide bonds. The van der Waals surface area contributed by atoms with Gasteiger partial charge in [0, 0.05) is 0 Å². The van der Waals surface area contributed by atoms with Gasteiger partial charge in [-0.15, -0.1) is 0 Å². The molecule has 106 valence electrons. The third-order valence-corrected chi connectivity index (χ3v) is 4.88. The molecule has 0 saturated heterocycles. The first-order valence-corrected chi connectivity index (χ1v) is 9.32. The van der Waals surface area contributed by atoms with Crippen molar-refractivity contribution in [3.63, 3.8) is 0 Å². The molecular weight excluding hydrogens is 313 g/mol. The quantitative estimate of drug-likeness (QED) is 0.460. The summed E-state index contributed by atoms with van der Waals surface area (Å²) in [4.78, 5) is 11.1. The summed E-state index contributed by atoms with van der Waals surface area (Å²) in [7, 11) is 0. The van der Waals surface area contributed by atoms with Crippen LogP contribution in [0.1, 0.15) is 31.9 Å². The van der Waals surface area contributed by atoms with Crippen molar-refractivity contribution in [1.29, 1.82) is 0 Å². The minimum atomic E-state index is -5.24. The van der Waals surface area contributed by atoms with E-state index in [-0.39, 0.29) is 15.8 Å². The van der Waals surface area contributed by atoms with Crippen molar-refractivity contribution in [2.75, 3.05) is 5.32 Å². The molecular formula is C12H18AsNO5. The second kappa shape index (κ2) is 5.82. The van der Waals surface area contributed by atoms with Crippen LogP contribution in [0.5, 0.6) is 5.75 Å². The summed E-state index contributed by atoms with van der Waals surface area (Å²) in [6.45, 7) is 4.88. The van der Waals surface area contributed by atoms with E-state index >= 15 is 0 Å². The molecule has 7 heteroatoms. The van der Waals surface area contributed by atoms with E-state index in [1.54, 1.807) is 0 Å². The Bertz CT molecular complexity index is 550. The number of amides is 1.